The molecule has 0 aliphatic heterocycles. The van der Waals surface area contributed by atoms with Crippen molar-refractivity contribution >= 4 is 57.1 Å². The molecule has 1 heterocycles. The largest absolute Gasteiger partial charge is 0.452 e. The Bertz CT molecular complexity index is 773. The van der Waals surface area contributed by atoms with Crippen LogP contribution in [0.1, 0.15) is 11.3 Å². The average molecular weight is 433 g/mol. The summed E-state index contributed by atoms with van der Waals surface area (Å²) in [5.41, 5.74) is 0.712. The molecule has 0 spiro atoms. The summed E-state index contributed by atoms with van der Waals surface area (Å²) in [5.74, 6) is -0.605. The van der Waals surface area contributed by atoms with Crippen LogP contribution in [0.4, 0.5) is 0 Å². The first kappa shape index (κ1) is 18.6. The fourth-order valence-corrected chi connectivity index (χ4v) is 2.46. The van der Waals surface area contributed by atoms with Gasteiger partial charge in [-0.3, -0.25) is 4.79 Å². The molecule has 0 aliphatic carbocycles. The van der Waals surface area contributed by atoms with Crippen molar-refractivity contribution in [2.24, 2.45) is 0 Å². The van der Waals surface area contributed by atoms with Crippen LogP contribution in [0.15, 0.2) is 45.5 Å². The van der Waals surface area contributed by atoms with Crippen molar-refractivity contribution in [3.8, 4) is 0 Å². The molecule has 1 aromatic heterocycles. The van der Waals surface area contributed by atoms with Gasteiger partial charge in [-0.2, -0.15) is 0 Å². The summed E-state index contributed by atoms with van der Waals surface area (Å²) in [4.78, 5) is 23.2. The van der Waals surface area contributed by atoms with Gasteiger partial charge in [-0.1, -0.05) is 29.3 Å². The molecular weight excluding hydrogens is 421 g/mol. The summed E-state index contributed by atoms with van der Waals surface area (Å²) >= 11 is 14.9. The van der Waals surface area contributed by atoms with Gasteiger partial charge >= 0.3 is 5.97 Å². The van der Waals surface area contributed by atoms with Crippen molar-refractivity contribution < 1.29 is 18.7 Å². The van der Waals surface area contributed by atoms with Crippen LogP contribution >= 0.6 is 39.1 Å². The van der Waals surface area contributed by atoms with E-state index in [1.165, 1.54) is 12.2 Å². The molecule has 1 aromatic carbocycles. The molecule has 8 heteroatoms. The number of furan rings is 1. The van der Waals surface area contributed by atoms with Gasteiger partial charge in [-0.05, 0) is 51.8 Å². The highest BCUT2D eigenvalue weighted by Crippen LogP contribution is 2.20. The number of ether oxygens (including phenoxy) is 1. The lowest BCUT2D eigenvalue weighted by molar-refractivity contribution is -0.143. The summed E-state index contributed by atoms with van der Waals surface area (Å²) < 4.78 is 10.6. The number of hydrogen-bond acceptors (Lipinski definition) is 4. The van der Waals surface area contributed by atoms with Gasteiger partial charge in [0.2, 0.25) is 0 Å². The fourth-order valence-electron chi connectivity index (χ4n) is 1.66. The van der Waals surface area contributed by atoms with Crippen molar-refractivity contribution in [3.05, 3.63) is 62.4 Å². The number of esters is 1. The Labute approximate surface area is 156 Å². The first-order valence-electron chi connectivity index (χ1n) is 6.75. The predicted molar refractivity (Wildman–Crippen MR) is 94.7 cm³/mol. The van der Waals surface area contributed by atoms with Crippen LogP contribution in [0.2, 0.25) is 10.0 Å². The summed E-state index contributed by atoms with van der Waals surface area (Å²) in [5, 5.41) is 3.56. The summed E-state index contributed by atoms with van der Waals surface area (Å²) in [6, 6.07) is 8.34. The zero-order valence-electron chi connectivity index (χ0n) is 12.2. The molecule has 0 saturated heterocycles. The lowest BCUT2D eigenvalue weighted by Gasteiger charge is -2.07. The predicted octanol–water partition coefficient (Wildman–Crippen LogP) is 4.22. The van der Waals surface area contributed by atoms with Crippen LogP contribution in [-0.4, -0.2) is 18.5 Å². The van der Waals surface area contributed by atoms with Crippen molar-refractivity contribution in [3.63, 3.8) is 0 Å². The maximum absolute atomic E-state index is 11.7. The minimum atomic E-state index is -0.651. The Kier molecular flexibility index (Phi) is 6.90. The number of carbonyl (C=O) groups excluding carboxylic acids is 2. The number of amides is 1. The molecule has 126 valence electrons. The number of nitrogens with one attached hydrogen (secondary N) is 1. The molecule has 0 unspecified atom stereocenters. The molecule has 2 aromatic rings. The Balaban J connectivity index is 1.74. The quantitative estimate of drug-likeness (QED) is 0.548. The second-order valence-corrected chi connectivity index (χ2v) is 6.22. The molecule has 2 rings (SSSR count). The van der Waals surface area contributed by atoms with E-state index in [-0.39, 0.29) is 6.54 Å². The van der Waals surface area contributed by atoms with E-state index in [0.717, 1.165) is 0 Å². The van der Waals surface area contributed by atoms with Gasteiger partial charge in [0.15, 0.2) is 11.3 Å². The highest BCUT2D eigenvalue weighted by Gasteiger charge is 2.07. The SMILES string of the molecule is O=C(COC(=O)C=Cc1ccc(Br)o1)NCc1ccc(Cl)cc1Cl. The van der Waals surface area contributed by atoms with Gasteiger partial charge in [-0.15, -0.1) is 0 Å². The summed E-state index contributed by atoms with van der Waals surface area (Å²) in [6.45, 7) is -0.182. The van der Waals surface area contributed by atoms with E-state index in [9.17, 15) is 9.59 Å². The first-order valence-corrected chi connectivity index (χ1v) is 8.30. The third-order valence-electron chi connectivity index (χ3n) is 2.81. The normalized spacial score (nSPS) is 10.8. The van der Waals surface area contributed by atoms with Crippen LogP contribution in [0, 0.1) is 0 Å². The Morgan fingerprint density at radius 1 is 1.25 bits per heavy atom. The molecule has 0 saturated carbocycles. The Morgan fingerprint density at radius 3 is 2.71 bits per heavy atom. The lowest BCUT2D eigenvalue weighted by atomic mass is 10.2. The maximum atomic E-state index is 11.7. The van der Waals surface area contributed by atoms with Gasteiger partial charge in [0.05, 0.1) is 0 Å². The molecule has 0 aliphatic rings. The Hall–Kier alpha value is -1.76. The third-order valence-corrected chi connectivity index (χ3v) is 3.83. The second-order valence-electron chi connectivity index (χ2n) is 4.60. The van der Waals surface area contributed by atoms with E-state index in [2.05, 4.69) is 21.2 Å². The molecule has 0 fully saturated rings. The number of halogens is 3. The van der Waals surface area contributed by atoms with Gasteiger partial charge < -0.3 is 14.5 Å². The number of benzene rings is 1. The Morgan fingerprint density at radius 2 is 2.04 bits per heavy atom. The lowest BCUT2D eigenvalue weighted by Crippen LogP contribution is -2.28. The van der Waals surface area contributed by atoms with Crippen molar-refractivity contribution in [2.75, 3.05) is 6.61 Å². The molecule has 24 heavy (non-hydrogen) atoms. The smallest absolute Gasteiger partial charge is 0.331 e. The highest BCUT2D eigenvalue weighted by atomic mass is 79.9. The molecule has 0 bridgehead atoms. The number of carbonyl (C=O) groups is 2. The molecule has 1 amide bonds. The topological polar surface area (TPSA) is 68.5 Å². The maximum Gasteiger partial charge on any atom is 0.331 e. The first-order chi connectivity index (χ1) is 11.4. The standard InChI is InChI=1S/C16H12BrCl2NO4/c17-14-5-3-12(24-14)4-6-16(22)23-9-15(21)20-8-10-1-2-11(18)7-13(10)19/h1-7H,8-9H2,(H,20,21). The monoisotopic (exact) mass is 431 g/mol. The van der Waals surface area contributed by atoms with E-state index in [4.69, 9.17) is 32.4 Å². The minimum absolute atomic E-state index is 0.211. The van der Waals surface area contributed by atoms with Crippen LogP contribution in [0.25, 0.3) is 6.08 Å². The highest BCUT2D eigenvalue weighted by molar-refractivity contribution is 9.10. The van der Waals surface area contributed by atoms with Gasteiger partial charge in [0, 0.05) is 22.7 Å². The van der Waals surface area contributed by atoms with E-state index in [1.807, 2.05) is 0 Å². The van der Waals surface area contributed by atoms with Crippen LogP contribution in [0.3, 0.4) is 0 Å². The zero-order chi connectivity index (χ0) is 17.5. The van der Waals surface area contributed by atoms with Gasteiger partial charge in [0.25, 0.3) is 5.91 Å². The van der Waals surface area contributed by atoms with Crippen molar-refractivity contribution in [1.29, 1.82) is 0 Å². The van der Waals surface area contributed by atoms with E-state index in [0.29, 0.717) is 26.0 Å². The third kappa shape index (κ3) is 6.03. The second kappa shape index (κ2) is 8.92. The van der Waals surface area contributed by atoms with E-state index < -0.39 is 18.5 Å². The van der Waals surface area contributed by atoms with Gasteiger partial charge in [-0.25, -0.2) is 4.79 Å². The van der Waals surface area contributed by atoms with Crippen molar-refractivity contribution in [1.82, 2.24) is 5.32 Å². The zero-order valence-corrected chi connectivity index (χ0v) is 15.3. The average Bonchev–Trinajstić information content (AvgIpc) is 2.95. The molecule has 5 nitrogen and oxygen atoms in total. The van der Waals surface area contributed by atoms with Crippen LogP contribution < -0.4 is 5.32 Å². The van der Waals surface area contributed by atoms with E-state index in [1.54, 1.807) is 30.3 Å². The molecule has 0 atom stereocenters. The number of hydrogen-bond donors (Lipinski definition) is 1. The fraction of sp³-hybridized carbons (Fsp3) is 0.125. The van der Waals surface area contributed by atoms with Crippen molar-refractivity contribution in [2.45, 2.75) is 6.54 Å². The van der Waals surface area contributed by atoms with Crippen LogP contribution in [0.5, 0.6) is 0 Å². The van der Waals surface area contributed by atoms with Gasteiger partial charge in [0.1, 0.15) is 5.76 Å². The summed E-state index contributed by atoms with van der Waals surface area (Å²) in [6.07, 6.45) is 2.62. The van der Waals surface area contributed by atoms with E-state index >= 15 is 0 Å². The summed E-state index contributed by atoms with van der Waals surface area (Å²) in [7, 11) is 0. The molecule has 1 N–H and O–H groups in total. The van der Waals surface area contributed by atoms with Crippen LogP contribution in [-0.2, 0) is 20.9 Å². The number of rotatable bonds is 6. The molecule has 0 radical (unpaired) electrons. The minimum Gasteiger partial charge on any atom is -0.452 e. The molecular formula is C16H12BrCl2NO4.